The molecule has 3 heterocycles. The van der Waals surface area contributed by atoms with E-state index in [9.17, 15) is 15.0 Å². The monoisotopic (exact) mass is 325 g/mol. The van der Waals surface area contributed by atoms with Crippen molar-refractivity contribution in [2.75, 3.05) is 17.2 Å². The number of hydrogen-bond donors (Lipinski definition) is 3. The number of nitrogens with zero attached hydrogens (tertiary/aromatic N) is 4. The van der Waals surface area contributed by atoms with E-state index in [0.717, 1.165) is 6.29 Å². The second-order valence-corrected chi connectivity index (χ2v) is 5.91. The van der Waals surface area contributed by atoms with Gasteiger partial charge in [-0.05, 0) is 0 Å². The van der Waals surface area contributed by atoms with Crippen LogP contribution in [-0.4, -0.2) is 65.8 Å². The van der Waals surface area contributed by atoms with E-state index in [1.54, 1.807) is 0 Å². The quantitative estimate of drug-likeness (QED) is 0.465. The summed E-state index contributed by atoms with van der Waals surface area (Å²) in [7, 11) is 0. The maximum Gasteiger partial charge on any atom is 0.167 e. The Bertz CT molecular complexity index is 681. The lowest BCUT2D eigenvalue weighted by molar-refractivity contribution is -0.105. The van der Waals surface area contributed by atoms with Crippen molar-refractivity contribution in [2.24, 2.45) is 0 Å². The van der Waals surface area contributed by atoms with Gasteiger partial charge in [-0.2, -0.15) is 11.8 Å². The molecule has 1 fully saturated rings. The summed E-state index contributed by atoms with van der Waals surface area (Å²) >= 11 is 1.33. The molecule has 0 unspecified atom stereocenters. The first-order valence-electron chi connectivity index (χ1n) is 6.59. The summed E-state index contributed by atoms with van der Waals surface area (Å²) in [5.74, 6) is 0.942. The van der Waals surface area contributed by atoms with Crippen LogP contribution in [0.2, 0.25) is 0 Å². The summed E-state index contributed by atoms with van der Waals surface area (Å²) in [5, 5.41) is 20.3. The zero-order chi connectivity index (χ0) is 15.7. The normalized spacial score (nSPS) is 28.3. The molecular formula is C12H15N5O4S. The number of hydrogen-bond acceptors (Lipinski definition) is 9. The minimum Gasteiger partial charge on any atom is -0.387 e. The predicted molar refractivity (Wildman–Crippen MR) is 79.0 cm³/mol. The van der Waals surface area contributed by atoms with Crippen molar-refractivity contribution in [1.82, 2.24) is 19.5 Å². The van der Waals surface area contributed by atoms with Gasteiger partial charge in [0.1, 0.15) is 30.3 Å². The average molecular weight is 325 g/mol. The molecule has 3 rings (SSSR count). The fourth-order valence-corrected chi connectivity index (χ4v) is 3.13. The Morgan fingerprint density at radius 1 is 1.36 bits per heavy atom. The van der Waals surface area contributed by atoms with E-state index in [0.29, 0.717) is 22.7 Å². The molecule has 0 aromatic carbocycles. The van der Waals surface area contributed by atoms with Gasteiger partial charge in [-0.3, -0.25) is 4.57 Å². The highest BCUT2D eigenvalue weighted by atomic mass is 32.2. The van der Waals surface area contributed by atoms with Gasteiger partial charge in [0.15, 0.2) is 17.7 Å². The van der Waals surface area contributed by atoms with Crippen molar-refractivity contribution in [3.63, 3.8) is 0 Å². The van der Waals surface area contributed by atoms with Gasteiger partial charge in [0.05, 0.1) is 12.4 Å². The van der Waals surface area contributed by atoms with Crippen molar-refractivity contribution in [2.45, 2.75) is 24.5 Å². The lowest BCUT2D eigenvalue weighted by Gasteiger charge is -2.16. The van der Waals surface area contributed by atoms with Gasteiger partial charge in [-0.1, -0.05) is 0 Å². The molecular weight excluding hydrogens is 310 g/mol. The SMILES string of the molecule is Nc1ncnc2c1ncn2[C@@H]1O[C@H](CSCC=O)[C@@H](O)[C@H]1O. The number of carbonyl (C=O) groups is 1. The Morgan fingerprint density at radius 3 is 2.95 bits per heavy atom. The summed E-state index contributed by atoms with van der Waals surface area (Å²) in [4.78, 5) is 22.4. The number of fused-ring (bicyclic) bond motifs is 1. The van der Waals surface area contributed by atoms with Crippen LogP contribution in [0.4, 0.5) is 5.82 Å². The summed E-state index contributed by atoms with van der Waals surface area (Å²) < 4.78 is 7.23. The van der Waals surface area contributed by atoms with E-state index in [1.807, 2.05) is 0 Å². The lowest BCUT2D eigenvalue weighted by Crippen LogP contribution is -2.32. The molecule has 4 atom stereocenters. The van der Waals surface area contributed by atoms with Crippen molar-refractivity contribution < 1.29 is 19.7 Å². The molecule has 118 valence electrons. The number of rotatable bonds is 5. The topological polar surface area (TPSA) is 136 Å². The van der Waals surface area contributed by atoms with Crippen LogP contribution in [-0.2, 0) is 9.53 Å². The molecule has 1 aliphatic rings. The van der Waals surface area contributed by atoms with Crippen molar-refractivity contribution in [1.29, 1.82) is 0 Å². The van der Waals surface area contributed by atoms with Crippen LogP contribution in [0, 0.1) is 0 Å². The summed E-state index contributed by atoms with van der Waals surface area (Å²) in [6.07, 6.45) is -0.0699. The van der Waals surface area contributed by atoms with Gasteiger partial charge in [0.2, 0.25) is 0 Å². The number of thioether (sulfide) groups is 1. The van der Waals surface area contributed by atoms with E-state index < -0.39 is 24.5 Å². The van der Waals surface area contributed by atoms with Crippen molar-refractivity contribution >= 4 is 35.0 Å². The Labute approximate surface area is 129 Å². The molecule has 1 saturated heterocycles. The maximum absolute atomic E-state index is 10.3. The van der Waals surface area contributed by atoms with Gasteiger partial charge >= 0.3 is 0 Å². The average Bonchev–Trinajstić information content (AvgIpc) is 3.05. The molecule has 4 N–H and O–H groups in total. The second kappa shape index (κ2) is 6.16. The van der Waals surface area contributed by atoms with Crippen LogP contribution in [0.3, 0.4) is 0 Å². The fraction of sp³-hybridized carbons (Fsp3) is 0.500. The molecule has 0 radical (unpaired) electrons. The first-order valence-corrected chi connectivity index (χ1v) is 7.75. The van der Waals surface area contributed by atoms with Gasteiger partial charge in [-0.15, -0.1) is 0 Å². The zero-order valence-corrected chi connectivity index (χ0v) is 12.3. The zero-order valence-electron chi connectivity index (χ0n) is 11.4. The number of aliphatic hydroxyl groups excluding tert-OH is 2. The van der Waals surface area contributed by atoms with E-state index in [4.69, 9.17) is 10.5 Å². The number of nitrogens with two attached hydrogens (primary N) is 1. The van der Waals surface area contributed by atoms with Crippen molar-refractivity contribution in [3.05, 3.63) is 12.7 Å². The van der Waals surface area contributed by atoms with Crippen LogP contribution in [0.5, 0.6) is 0 Å². The molecule has 1 aliphatic heterocycles. The third-order valence-corrected chi connectivity index (χ3v) is 4.40. The Hall–Kier alpha value is -1.75. The maximum atomic E-state index is 10.3. The molecule has 2 aromatic rings. The first kappa shape index (κ1) is 15.2. The van der Waals surface area contributed by atoms with Crippen LogP contribution in [0.15, 0.2) is 12.7 Å². The Morgan fingerprint density at radius 2 is 2.18 bits per heavy atom. The summed E-state index contributed by atoms with van der Waals surface area (Å²) in [6.45, 7) is 0. The van der Waals surface area contributed by atoms with E-state index in [1.165, 1.54) is 29.0 Å². The van der Waals surface area contributed by atoms with Crippen molar-refractivity contribution in [3.8, 4) is 0 Å². The van der Waals surface area contributed by atoms with E-state index in [2.05, 4.69) is 15.0 Å². The number of anilines is 1. The highest BCUT2D eigenvalue weighted by molar-refractivity contribution is 7.99. The molecule has 0 saturated carbocycles. The van der Waals surface area contributed by atoms with Crippen LogP contribution < -0.4 is 5.73 Å². The van der Waals surface area contributed by atoms with E-state index in [-0.39, 0.29) is 5.82 Å². The Balaban J connectivity index is 1.84. The number of carbonyl (C=O) groups excluding carboxylic acids is 1. The molecule has 0 bridgehead atoms. The molecule has 2 aromatic heterocycles. The van der Waals surface area contributed by atoms with Crippen LogP contribution in [0.1, 0.15) is 6.23 Å². The number of aliphatic hydroxyl groups is 2. The van der Waals surface area contributed by atoms with Gasteiger partial charge < -0.3 is 25.5 Å². The summed E-state index contributed by atoms with van der Waals surface area (Å²) in [6, 6.07) is 0. The Kier molecular flexibility index (Phi) is 4.25. The third kappa shape index (κ3) is 2.54. The minimum atomic E-state index is -1.13. The molecule has 9 nitrogen and oxygen atoms in total. The second-order valence-electron chi connectivity index (χ2n) is 4.83. The number of nitrogen functional groups attached to an aromatic ring is 1. The first-order chi connectivity index (χ1) is 10.6. The molecule has 0 aliphatic carbocycles. The van der Waals surface area contributed by atoms with Crippen LogP contribution >= 0.6 is 11.8 Å². The number of ether oxygens (including phenoxy) is 1. The molecule has 0 spiro atoms. The lowest BCUT2D eigenvalue weighted by atomic mass is 10.1. The largest absolute Gasteiger partial charge is 0.387 e. The van der Waals surface area contributed by atoms with Gasteiger partial charge in [0.25, 0.3) is 0 Å². The molecule has 10 heteroatoms. The summed E-state index contributed by atoms with van der Waals surface area (Å²) in [5.41, 5.74) is 6.55. The number of imidazole rings is 1. The fourth-order valence-electron chi connectivity index (χ4n) is 2.39. The molecule has 22 heavy (non-hydrogen) atoms. The third-order valence-electron chi connectivity index (χ3n) is 3.47. The van der Waals surface area contributed by atoms with Crippen LogP contribution in [0.25, 0.3) is 11.2 Å². The number of aromatic nitrogens is 4. The predicted octanol–water partition coefficient (Wildman–Crippen LogP) is -1.04. The highest BCUT2D eigenvalue weighted by Crippen LogP contribution is 2.33. The van der Waals surface area contributed by atoms with E-state index >= 15 is 0 Å². The smallest absolute Gasteiger partial charge is 0.167 e. The number of aldehydes is 1. The highest BCUT2D eigenvalue weighted by Gasteiger charge is 2.44. The van der Waals surface area contributed by atoms with Gasteiger partial charge in [-0.25, -0.2) is 15.0 Å². The van der Waals surface area contributed by atoms with Gasteiger partial charge in [0, 0.05) is 11.5 Å². The minimum absolute atomic E-state index is 0.231. The molecule has 0 amide bonds. The standard InChI is InChI=1S/C12H15N5O4S/c13-10-7-11(15-4-14-10)17(5-16-7)12-9(20)8(19)6(21-12)3-22-2-1-18/h1,4-6,8-9,12,19-20H,2-3H2,(H2,13,14,15)/t6-,8-,9-,12-/m1/s1.